The molecule has 0 aromatic heterocycles. The van der Waals surface area contributed by atoms with Gasteiger partial charge in [0.2, 0.25) is 0 Å². The lowest BCUT2D eigenvalue weighted by Gasteiger charge is -2.39. The van der Waals surface area contributed by atoms with Gasteiger partial charge in [0.25, 0.3) is 11.7 Å². The van der Waals surface area contributed by atoms with Crippen LogP contribution in [0.5, 0.6) is 0 Å². The van der Waals surface area contributed by atoms with Crippen molar-refractivity contribution in [1.82, 2.24) is 10.5 Å². The van der Waals surface area contributed by atoms with E-state index in [2.05, 4.69) is 34.6 Å². The highest BCUT2D eigenvalue weighted by Crippen LogP contribution is 2.50. The van der Waals surface area contributed by atoms with Gasteiger partial charge in [0.1, 0.15) is 18.0 Å². The highest BCUT2D eigenvalue weighted by Gasteiger charge is 2.53. The molecule has 29 heavy (non-hydrogen) atoms. The predicted octanol–water partition coefficient (Wildman–Crippen LogP) is 3.23. The van der Waals surface area contributed by atoms with Crippen molar-refractivity contribution in [3.05, 3.63) is 35.4 Å². The average molecular weight is 404 g/mol. The first-order valence-electron chi connectivity index (χ1n) is 9.73. The molecular formula is C21H29FN4O3. The van der Waals surface area contributed by atoms with Gasteiger partial charge in [-0.3, -0.25) is 9.79 Å². The number of hydrogen-bond donors (Lipinski definition) is 1. The van der Waals surface area contributed by atoms with E-state index in [-0.39, 0.29) is 17.9 Å². The molecule has 1 saturated carbocycles. The Morgan fingerprint density at radius 1 is 1.34 bits per heavy atom. The summed E-state index contributed by atoms with van der Waals surface area (Å²) in [7, 11) is 1.68. The maximum atomic E-state index is 15.0. The van der Waals surface area contributed by atoms with Crippen LogP contribution in [-0.4, -0.2) is 47.7 Å². The van der Waals surface area contributed by atoms with E-state index >= 15 is 0 Å². The van der Waals surface area contributed by atoms with Gasteiger partial charge in [-0.1, -0.05) is 24.3 Å². The van der Waals surface area contributed by atoms with E-state index in [0.29, 0.717) is 5.84 Å². The van der Waals surface area contributed by atoms with Gasteiger partial charge in [0.15, 0.2) is 0 Å². The summed E-state index contributed by atoms with van der Waals surface area (Å²) in [4.78, 5) is 21.7. The molecule has 1 fully saturated rings. The monoisotopic (exact) mass is 404 g/mol. The lowest BCUT2D eigenvalue weighted by molar-refractivity contribution is -0.161. The first-order valence-corrected chi connectivity index (χ1v) is 9.73. The summed E-state index contributed by atoms with van der Waals surface area (Å²) in [5, 5.41) is 4.99. The molecule has 0 saturated heterocycles. The zero-order valence-electron chi connectivity index (χ0n) is 17.9. The van der Waals surface area contributed by atoms with E-state index in [1.165, 1.54) is 18.1 Å². The van der Waals surface area contributed by atoms with Crippen molar-refractivity contribution in [3.8, 4) is 0 Å². The van der Waals surface area contributed by atoms with Crippen molar-refractivity contribution in [2.24, 2.45) is 10.1 Å². The summed E-state index contributed by atoms with van der Waals surface area (Å²) in [6, 6.07) is 8.14. The number of nitrogens with zero attached hydrogens (tertiary/aromatic N) is 3. The van der Waals surface area contributed by atoms with Gasteiger partial charge < -0.3 is 9.57 Å². The van der Waals surface area contributed by atoms with Crippen molar-refractivity contribution >= 4 is 17.7 Å². The zero-order valence-corrected chi connectivity index (χ0v) is 17.9. The molecule has 1 aliphatic carbocycles. The normalized spacial score (nSPS) is 23.1. The smallest absolute Gasteiger partial charge is 0.327 e. The standard InChI is InChI=1S/C21H29FN4O3/c1-14-9-7-8-10-15(14)21(11-12-21)17(23-6)25-29-18-20(5,22)26(24-18)13-16(27)28-19(2,3)4/h7-10H,11-13H2,1-6H3,(H,23,25)/t20-/m0/s1. The molecule has 1 aromatic carbocycles. The fraction of sp³-hybridized carbons (Fsp3) is 0.571. The molecule has 158 valence electrons. The number of carbonyl (C=O) groups excluding carboxylic acids is 1. The Hall–Kier alpha value is -2.64. The Morgan fingerprint density at radius 3 is 2.52 bits per heavy atom. The minimum Gasteiger partial charge on any atom is -0.459 e. The van der Waals surface area contributed by atoms with Crippen LogP contribution in [-0.2, 0) is 19.8 Å². The molecule has 3 rings (SSSR count). The summed E-state index contributed by atoms with van der Waals surface area (Å²) in [5.74, 6) is -2.08. The van der Waals surface area contributed by atoms with E-state index in [1.807, 2.05) is 12.1 Å². The van der Waals surface area contributed by atoms with Crippen molar-refractivity contribution in [1.29, 1.82) is 0 Å². The largest absolute Gasteiger partial charge is 0.459 e. The number of hydrogen-bond acceptors (Lipinski definition) is 6. The molecule has 0 bridgehead atoms. The van der Waals surface area contributed by atoms with Gasteiger partial charge in [-0.15, -0.1) is 5.10 Å². The predicted molar refractivity (Wildman–Crippen MR) is 109 cm³/mol. The third-order valence-corrected chi connectivity index (χ3v) is 5.12. The molecule has 0 amide bonds. The second kappa shape index (κ2) is 7.31. The van der Waals surface area contributed by atoms with Crippen LogP contribution in [0.2, 0.25) is 0 Å². The van der Waals surface area contributed by atoms with E-state index < -0.39 is 17.4 Å². The van der Waals surface area contributed by atoms with Gasteiger partial charge in [-0.05, 0) is 58.6 Å². The summed E-state index contributed by atoms with van der Waals surface area (Å²) in [5.41, 5.74) is 4.28. The first-order chi connectivity index (χ1) is 13.5. The molecule has 1 aromatic rings. The fourth-order valence-corrected chi connectivity index (χ4v) is 3.48. The second-order valence-corrected chi connectivity index (χ2v) is 8.68. The minimum atomic E-state index is -2.01. The zero-order chi connectivity index (χ0) is 21.4. The van der Waals surface area contributed by atoms with Crippen LogP contribution < -0.4 is 5.48 Å². The number of halogens is 1. The number of rotatable bonds is 4. The number of esters is 1. The molecule has 8 heteroatoms. The van der Waals surface area contributed by atoms with Crippen LogP contribution >= 0.6 is 0 Å². The van der Waals surface area contributed by atoms with Crippen molar-refractivity contribution in [2.75, 3.05) is 13.6 Å². The van der Waals surface area contributed by atoms with Crippen molar-refractivity contribution in [2.45, 2.75) is 64.3 Å². The van der Waals surface area contributed by atoms with Gasteiger partial charge >= 0.3 is 5.97 Å². The number of nitrogens with one attached hydrogen (secondary N) is 1. The molecule has 0 radical (unpaired) electrons. The molecule has 1 heterocycles. The summed E-state index contributed by atoms with van der Waals surface area (Å²) < 4.78 is 20.2. The Morgan fingerprint density at radius 2 is 2.00 bits per heavy atom. The third-order valence-electron chi connectivity index (χ3n) is 5.12. The van der Waals surface area contributed by atoms with Gasteiger partial charge in [-0.2, -0.15) is 0 Å². The number of carbonyl (C=O) groups is 1. The first kappa shape index (κ1) is 21.1. The van der Waals surface area contributed by atoms with Crippen LogP contribution in [0.15, 0.2) is 34.4 Å². The topological polar surface area (TPSA) is 75.5 Å². The second-order valence-electron chi connectivity index (χ2n) is 8.68. The van der Waals surface area contributed by atoms with Gasteiger partial charge in [0.05, 0.1) is 5.41 Å². The maximum Gasteiger partial charge on any atom is 0.327 e. The minimum absolute atomic E-state index is 0.150. The van der Waals surface area contributed by atoms with E-state index in [9.17, 15) is 9.18 Å². The van der Waals surface area contributed by atoms with E-state index in [4.69, 9.17) is 9.57 Å². The number of aliphatic imine (C=N–C) groups is 1. The molecule has 0 unspecified atom stereocenters. The molecule has 1 N–H and O–H groups in total. The maximum absolute atomic E-state index is 15.0. The van der Waals surface area contributed by atoms with Crippen molar-refractivity contribution < 1.29 is 18.8 Å². The van der Waals surface area contributed by atoms with E-state index in [1.54, 1.807) is 27.8 Å². The number of benzene rings is 1. The quantitative estimate of drug-likeness (QED) is 0.274. The van der Waals surface area contributed by atoms with Crippen LogP contribution in [0.25, 0.3) is 0 Å². The number of hydroxylamine groups is 1. The van der Waals surface area contributed by atoms with Crippen molar-refractivity contribution in [3.63, 3.8) is 0 Å². The summed E-state index contributed by atoms with van der Waals surface area (Å²) in [6.07, 6.45) is 1.87. The molecule has 2 aliphatic rings. The third kappa shape index (κ3) is 4.21. The highest BCUT2D eigenvalue weighted by molar-refractivity contribution is 5.97. The number of amidine groups is 1. The van der Waals surface area contributed by atoms with Gasteiger partial charge in [-0.25, -0.2) is 14.9 Å². The Labute approximate surface area is 170 Å². The van der Waals surface area contributed by atoms with E-state index in [0.717, 1.165) is 17.9 Å². The Balaban J connectivity index is 1.64. The van der Waals surface area contributed by atoms with Crippen LogP contribution in [0.3, 0.4) is 0 Å². The number of hydrazone groups is 1. The summed E-state index contributed by atoms with van der Waals surface area (Å²) in [6.45, 7) is 8.32. The number of ether oxygens (including phenoxy) is 1. The fourth-order valence-electron chi connectivity index (χ4n) is 3.48. The lowest BCUT2D eigenvalue weighted by atomic mass is 9.91. The summed E-state index contributed by atoms with van der Waals surface area (Å²) >= 11 is 0. The molecular weight excluding hydrogens is 375 g/mol. The van der Waals surface area contributed by atoms with Gasteiger partial charge in [0, 0.05) is 7.05 Å². The average Bonchev–Trinajstić information content (AvgIpc) is 3.41. The van der Waals surface area contributed by atoms with Crippen LogP contribution in [0.1, 0.15) is 51.7 Å². The molecule has 1 atom stereocenters. The molecule has 0 spiro atoms. The number of aryl methyl sites for hydroxylation is 1. The Kier molecular flexibility index (Phi) is 5.32. The SMILES string of the molecule is CN=C(NOC1=NN(CC(=O)OC(C)(C)C)[C@]1(C)F)C1(c2ccccc2C)CC1. The highest BCUT2D eigenvalue weighted by atomic mass is 19.1. The lowest BCUT2D eigenvalue weighted by Crippen LogP contribution is -2.59. The Bertz CT molecular complexity index is 854. The van der Waals surface area contributed by atoms with Crippen LogP contribution in [0.4, 0.5) is 4.39 Å². The molecule has 1 aliphatic heterocycles. The number of alkyl halides is 1. The molecule has 7 nitrogen and oxygen atoms in total. The van der Waals surface area contributed by atoms with Crippen LogP contribution in [0, 0.1) is 6.92 Å².